The minimum Gasteiger partial charge on any atom is -0.329 e. The fraction of sp³-hybridized carbons (Fsp3) is 0.300. The highest BCUT2D eigenvalue weighted by Gasteiger charge is 2.11. The van der Waals surface area contributed by atoms with Gasteiger partial charge >= 0.3 is 0 Å². The lowest BCUT2D eigenvalue weighted by Crippen LogP contribution is -2.31. The van der Waals surface area contributed by atoms with E-state index in [0.717, 1.165) is 48.5 Å². The summed E-state index contributed by atoms with van der Waals surface area (Å²) in [7, 11) is 0. The number of benzene rings is 2. The molecule has 2 N–H and O–H groups in total. The maximum absolute atomic E-state index is 5.80. The van der Waals surface area contributed by atoms with Crippen molar-refractivity contribution in [2.24, 2.45) is 5.73 Å². The first-order valence-electron chi connectivity index (χ1n) is 8.45. The van der Waals surface area contributed by atoms with Crippen molar-refractivity contribution < 1.29 is 0 Å². The summed E-state index contributed by atoms with van der Waals surface area (Å²) in [6.07, 6.45) is 1.01. The zero-order valence-electron chi connectivity index (χ0n) is 14.2. The molecule has 0 fully saturated rings. The van der Waals surface area contributed by atoms with Gasteiger partial charge < -0.3 is 5.73 Å². The number of aryl methyl sites for hydroxylation is 1. The maximum atomic E-state index is 5.80. The summed E-state index contributed by atoms with van der Waals surface area (Å²) < 4.78 is 0. The van der Waals surface area contributed by atoms with Crippen molar-refractivity contribution in [2.75, 3.05) is 19.6 Å². The average Bonchev–Trinajstić information content (AvgIpc) is 2.61. The molecule has 0 radical (unpaired) electrons. The van der Waals surface area contributed by atoms with Gasteiger partial charge in [0, 0.05) is 26.2 Å². The van der Waals surface area contributed by atoms with Crippen molar-refractivity contribution in [3.05, 3.63) is 71.5 Å². The van der Waals surface area contributed by atoms with E-state index in [9.17, 15) is 0 Å². The van der Waals surface area contributed by atoms with Gasteiger partial charge in [0.05, 0.1) is 22.4 Å². The van der Waals surface area contributed by atoms with Crippen LogP contribution in [-0.4, -0.2) is 34.5 Å². The van der Waals surface area contributed by atoms with Crippen molar-refractivity contribution in [2.45, 2.75) is 19.9 Å². The summed E-state index contributed by atoms with van der Waals surface area (Å²) in [5.74, 6) is 0. The zero-order valence-corrected chi connectivity index (χ0v) is 14.2. The van der Waals surface area contributed by atoms with E-state index in [2.05, 4.69) is 40.2 Å². The lowest BCUT2D eigenvalue weighted by molar-refractivity contribution is 0.272. The van der Waals surface area contributed by atoms with Crippen LogP contribution >= 0.6 is 0 Å². The second-order valence-electron chi connectivity index (χ2n) is 6.04. The number of hydrogen-bond donors (Lipinski definition) is 1. The van der Waals surface area contributed by atoms with E-state index in [4.69, 9.17) is 10.7 Å². The molecule has 2 aromatic carbocycles. The number of nitrogens with two attached hydrogens (primary N) is 1. The Bertz CT molecular complexity index is 786. The average molecular weight is 320 g/mol. The van der Waals surface area contributed by atoms with Crippen LogP contribution in [0.15, 0.2) is 54.6 Å². The molecule has 3 rings (SSSR count). The standard InChI is InChI=1S/C20H24N4/c1-16-20(23-19-10-6-5-9-18(19)22-16)15-24(14-12-21)13-11-17-7-3-2-4-8-17/h2-10H,11-15,21H2,1H3. The summed E-state index contributed by atoms with van der Waals surface area (Å²) in [6.45, 7) is 5.30. The number of para-hydroxylation sites is 2. The SMILES string of the molecule is Cc1nc2ccccc2nc1CN(CCN)CCc1ccccc1. The Kier molecular flexibility index (Phi) is 5.51. The summed E-state index contributed by atoms with van der Waals surface area (Å²) in [4.78, 5) is 11.9. The van der Waals surface area contributed by atoms with Gasteiger partial charge in [0.1, 0.15) is 0 Å². The second kappa shape index (κ2) is 7.99. The van der Waals surface area contributed by atoms with Gasteiger partial charge in [0.25, 0.3) is 0 Å². The molecule has 24 heavy (non-hydrogen) atoms. The van der Waals surface area contributed by atoms with Gasteiger partial charge in [-0.3, -0.25) is 4.90 Å². The van der Waals surface area contributed by atoms with Gasteiger partial charge in [-0.05, 0) is 31.0 Å². The van der Waals surface area contributed by atoms with Crippen LogP contribution < -0.4 is 5.73 Å². The molecular formula is C20H24N4. The molecule has 1 heterocycles. The number of nitrogens with zero attached hydrogens (tertiary/aromatic N) is 3. The Morgan fingerprint density at radius 3 is 2.25 bits per heavy atom. The monoisotopic (exact) mass is 320 g/mol. The summed E-state index contributed by atoms with van der Waals surface area (Å²) in [6, 6.07) is 18.6. The molecule has 0 saturated carbocycles. The summed E-state index contributed by atoms with van der Waals surface area (Å²) in [5.41, 5.74) is 11.1. The third kappa shape index (κ3) is 4.16. The molecule has 0 unspecified atom stereocenters. The van der Waals surface area contributed by atoms with Crippen LogP contribution in [0.5, 0.6) is 0 Å². The highest BCUT2D eigenvalue weighted by Crippen LogP contribution is 2.14. The van der Waals surface area contributed by atoms with Crippen LogP contribution in [0.25, 0.3) is 11.0 Å². The van der Waals surface area contributed by atoms with Gasteiger partial charge in [0.2, 0.25) is 0 Å². The van der Waals surface area contributed by atoms with Gasteiger partial charge in [0.15, 0.2) is 0 Å². The topological polar surface area (TPSA) is 55.0 Å². The van der Waals surface area contributed by atoms with Crippen LogP contribution in [0.3, 0.4) is 0 Å². The van der Waals surface area contributed by atoms with Crippen molar-refractivity contribution >= 4 is 11.0 Å². The maximum Gasteiger partial charge on any atom is 0.0890 e. The van der Waals surface area contributed by atoms with E-state index < -0.39 is 0 Å². The van der Waals surface area contributed by atoms with E-state index in [-0.39, 0.29) is 0 Å². The van der Waals surface area contributed by atoms with Gasteiger partial charge in [-0.15, -0.1) is 0 Å². The normalized spacial score (nSPS) is 11.3. The lowest BCUT2D eigenvalue weighted by Gasteiger charge is -2.22. The van der Waals surface area contributed by atoms with Crippen LogP contribution in [-0.2, 0) is 13.0 Å². The molecule has 1 aromatic heterocycles. The Morgan fingerprint density at radius 2 is 1.54 bits per heavy atom. The predicted molar refractivity (Wildman–Crippen MR) is 98.8 cm³/mol. The predicted octanol–water partition coefficient (Wildman–Crippen LogP) is 2.94. The molecule has 0 bridgehead atoms. The van der Waals surface area contributed by atoms with Gasteiger partial charge in [-0.2, -0.15) is 0 Å². The number of aromatic nitrogens is 2. The zero-order chi connectivity index (χ0) is 16.8. The smallest absolute Gasteiger partial charge is 0.0890 e. The second-order valence-corrected chi connectivity index (χ2v) is 6.04. The van der Waals surface area contributed by atoms with E-state index in [1.54, 1.807) is 0 Å². The van der Waals surface area contributed by atoms with E-state index in [0.29, 0.717) is 6.54 Å². The Balaban J connectivity index is 1.74. The molecule has 0 amide bonds. The van der Waals surface area contributed by atoms with E-state index in [1.165, 1.54) is 5.56 Å². The van der Waals surface area contributed by atoms with Crippen molar-refractivity contribution in [3.8, 4) is 0 Å². The highest BCUT2D eigenvalue weighted by atomic mass is 15.1. The summed E-state index contributed by atoms with van der Waals surface area (Å²) >= 11 is 0. The molecule has 0 aliphatic rings. The number of hydrogen-bond acceptors (Lipinski definition) is 4. The molecule has 0 spiro atoms. The minimum atomic E-state index is 0.648. The molecule has 0 aliphatic carbocycles. The molecule has 0 saturated heterocycles. The van der Waals surface area contributed by atoms with Crippen molar-refractivity contribution in [1.29, 1.82) is 0 Å². The Hall–Kier alpha value is -2.30. The van der Waals surface area contributed by atoms with Crippen LogP contribution in [0.4, 0.5) is 0 Å². The third-order valence-electron chi connectivity index (χ3n) is 4.22. The molecule has 4 heteroatoms. The van der Waals surface area contributed by atoms with E-state index in [1.807, 2.05) is 31.2 Å². The van der Waals surface area contributed by atoms with Crippen LogP contribution in [0.1, 0.15) is 17.0 Å². The fourth-order valence-corrected chi connectivity index (χ4v) is 2.87. The quantitative estimate of drug-likeness (QED) is 0.727. The van der Waals surface area contributed by atoms with Gasteiger partial charge in [-0.1, -0.05) is 42.5 Å². The molecule has 4 nitrogen and oxygen atoms in total. The van der Waals surface area contributed by atoms with Crippen molar-refractivity contribution in [3.63, 3.8) is 0 Å². The first-order valence-corrected chi connectivity index (χ1v) is 8.45. The van der Waals surface area contributed by atoms with Gasteiger partial charge in [-0.25, -0.2) is 9.97 Å². The summed E-state index contributed by atoms with van der Waals surface area (Å²) in [5, 5.41) is 0. The number of rotatable bonds is 7. The number of fused-ring (bicyclic) bond motifs is 1. The van der Waals surface area contributed by atoms with Crippen LogP contribution in [0.2, 0.25) is 0 Å². The van der Waals surface area contributed by atoms with Crippen molar-refractivity contribution in [1.82, 2.24) is 14.9 Å². The molecule has 124 valence electrons. The highest BCUT2D eigenvalue weighted by molar-refractivity contribution is 5.74. The molecular weight excluding hydrogens is 296 g/mol. The first-order chi connectivity index (χ1) is 11.8. The van der Waals surface area contributed by atoms with Crippen LogP contribution in [0, 0.1) is 6.92 Å². The lowest BCUT2D eigenvalue weighted by atomic mass is 10.1. The minimum absolute atomic E-state index is 0.648. The largest absolute Gasteiger partial charge is 0.329 e. The first kappa shape index (κ1) is 16.6. The van der Waals surface area contributed by atoms with E-state index >= 15 is 0 Å². The Labute approximate surface area is 143 Å². The third-order valence-corrected chi connectivity index (χ3v) is 4.22. The molecule has 3 aromatic rings. The Morgan fingerprint density at radius 1 is 0.875 bits per heavy atom. The fourth-order valence-electron chi connectivity index (χ4n) is 2.87. The molecule has 0 aliphatic heterocycles. The molecule has 0 atom stereocenters.